The summed E-state index contributed by atoms with van der Waals surface area (Å²) in [5, 5.41) is 0. The molecule has 5 nitrogen and oxygen atoms in total. The van der Waals surface area contributed by atoms with Crippen molar-refractivity contribution >= 4 is 0 Å². The first-order chi connectivity index (χ1) is 5.95. The maximum Gasteiger partial charge on any atom is 0.180 e. The normalized spacial score (nSPS) is 32.0. The summed E-state index contributed by atoms with van der Waals surface area (Å²) in [6.07, 6.45) is 0.511. The molecular weight excluding hydrogens is 164 g/mol. The number of hydrogen-bond donors (Lipinski definition) is 0. The molecule has 0 N–H and O–H groups in total. The Labute approximate surface area is 70.4 Å². The minimum Gasteiger partial charge on any atom is -0.371 e. The smallest absolute Gasteiger partial charge is 0.180 e. The molecule has 2 heterocycles. The summed E-state index contributed by atoms with van der Waals surface area (Å²) in [4.78, 5) is 9.47. The maximum absolute atomic E-state index is 5.05. The monoisotopic (exact) mass is 176 g/mol. The van der Waals surface area contributed by atoms with Crippen LogP contribution in [0.15, 0.2) is 0 Å². The van der Waals surface area contributed by atoms with Crippen LogP contribution in [-0.4, -0.2) is 45.4 Å². The van der Waals surface area contributed by atoms with Crippen LogP contribution in [0, 0.1) is 0 Å². The second kappa shape index (κ2) is 4.15. The van der Waals surface area contributed by atoms with Gasteiger partial charge < -0.3 is 14.2 Å². The van der Waals surface area contributed by atoms with E-state index >= 15 is 0 Å². The van der Waals surface area contributed by atoms with Crippen LogP contribution < -0.4 is 0 Å². The fourth-order valence-electron chi connectivity index (χ4n) is 0.700. The van der Waals surface area contributed by atoms with Crippen LogP contribution >= 0.6 is 0 Å². The van der Waals surface area contributed by atoms with Gasteiger partial charge in [-0.3, -0.25) is 0 Å². The summed E-state index contributed by atoms with van der Waals surface area (Å²) in [5.41, 5.74) is 0. The summed E-state index contributed by atoms with van der Waals surface area (Å²) in [7, 11) is 0. The summed E-state index contributed by atoms with van der Waals surface area (Å²) >= 11 is 0. The molecule has 2 aliphatic heterocycles. The van der Waals surface area contributed by atoms with Crippen LogP contribution in [0.25, 0.3) is 0 Å². The number of hydrogen-bond acceptors (Lipinski definition) is 5. The predicted molar refractivity (Wildman–Crippen MR) is 37.3 cm³/mol. The summed E-state index contributed by atoms with van der Waals surface area (Å²) in [6, 6.07) is 0. The molecule has 5 heteroatoms. The molecule has 0 spiro atoms. The van der Waals surface area contributed by atoms with Crippen molar-refractivity contribution < 1.29 is 24.0 Å². The van der Waals surface area contributed by atoms with Crippen LogP contribution in [0.5, 0.6) is 0 Å². The predicted octanol–water partition coefficient (Wildman–Crippen LogP) is -0.294. The van der Waals surface area contributed by atoms with Crippen molar-refractivity contribution in [1.29, 1.82) is 0 Å². The van der Waals surface area contributed by atoms with E-state index in [4.69, 9.17) is 24.0 Å². The van der Waals surface area contributed by atoms with E-state index in [9.17, 15) is 0 Å². The molecule has 0 amide bonds. The second-order valence-corrected chi connectivity index (χ2v) is 2.80. The first kappa shape index (κ1) is 8.40. The van der Waals surface area contributed by atoms with Crippen LogP contribution in [0.2, 0.25) is 0 Å². The Morgan fingerprint density at radius 1 is 1.00 bits per heavy atom. The molecule has 0 bridgehead atoms. The molecule has 0 radical (unpaired) electrons. The number of ether oxygens (including phenoxy) is 3. The van der Waals surface area contributed by atoms with E-state index in [2.05, 4.69) is 0 Å². The standard InChI is InChI=1S/C7H12O5/c1(6-2-9-6)8-5-12-11-4-7-3-10-7/h6-7H,1-5H2. The zero-order chi connectivity index (χ0) is 8.23. The molecule has 2 aliphatic rings. The lowest BCUT2D eigenvalue weighted by atomic mass is 10.5. The summed E-state index contributed by atoms with van der Waals surface area (Å²) < 4.78 is 14.9. The fourth-order valence-corrected chi connectivity index (χ4v) is 0.700. The molecule has 0 aromatic carbocycles. The van der Waals surface area contributed by atoms with Crippen LogP contribution in [0.3, 0.4) is 0 Å². The highest BCUT2D eigenvalue weighted by Gasteiger charge is 2.23. The molecular formula is C7H12O5. The van der Waals surface area contributed by atoms with Crippen molar-refractivity contribution in [3.8, 4) is 0 Å². The van der Waals surface area contributed by atoms with E-state index in [0.717, 1.165) is 13.2 Å². The van der Waals surface area contributed by atoms with Crippen LogP contribution in [-0.2, 0) is 24.0 Å². The van der Waals surface area contributed by atoms with Crippen LogP contribution in [0.1, 0.15) is 0 Å². The summed E-state index contributed by atoms with van der Waals surface area (Å²) in [5.74, 6) is 0. The van der Waals surface area contributed by atoms with Gasteiger partial charge in [-0.15, -0.1) is 0 Å². The lowest BCUT2D eigenvalue weighted by Crippen LogP contribution is -2.08. The van der Waals surface area contributed by atoms with Crippen molar-refractivity contribution in [1.82, 2.24) is 0 Å². The van der Waals surface area contributed by atoms with Gasteiger partial charge in [-0.1, -0.05) is 0 Å². The van der Waals surface area contributed by atoms with Gasteiger partial charge in [-0.05, 0) is 0 Å². The number of rotatable bonds is 7. The van der Waals surface area contributed by atoms with Gasteiger partial charge in [0.2, 0.25) is 0 Å². The van der Waals surface area contributed by atoms with E-state index < -0.39 is 0 Å². The molecule has 2 saturated heterocycles. The lowest BCUT2D eigenvalue weighted by molar-refractivity contribution is -0.337. The lowest BCUT2D eigenvalue weighted by Gasteiger charge is -2.01. The minimum absolute atomic E-state index is 0.159. The van der Waals surface area contributed by atoms with Crippen molar-refractivity contribution in [2.45, 2.75) is 12.2 Å². The Morgan fingerprint density at radius 2 is 1.67 bits per heavy atom. The van der Waals surface area contributed by atoms with E-state index in [1.54, 1.807) is 0 Å². The average molecular weight is 176 g/mol. The Balaban J connectivity index is 1.31. The minimum atomic E-state index is 0.159. The van der Waals surface area contributed by atoms with Gasteiger partial charge in [-0.25, -0.2) is 9.78 Å². The van der Waals surface area contributed by atoms with Gasteiger partial charge in [-0.2, -0.15) is 0 Å². The van der Waals surface area contributed by atoms with E-state index in [0.29, 0.717) is 13.2 Å². The van der Waals surface area contributed by atoms with Gasteiger partial charge in [0, 0.05) is 0 Å². The molecule has 0 saturated carbocycles. The first-order valence-corrected chi connectivity index (χ1v) is 4.00. The topological polar surface area (TPSA) is 52.8 Å². The highest BCUT2D eigenvalue weighted by atomic mass is 17.2. The van der Waals surface area contributed by atoms with Crippen molar-refractivity contribution in [3.63, 3.8) is 0 Å². The highest BCUT2D eigenvalue weighted by Crippen LogP contribution is 2.09. The Hall–Kier alpha value is -0.200. The third kappa shape index (κ3) is 3.46. The number of epoxide rings is 2. The Kier molecular flexibility index (Phi) is 2.91. The Morgan fingerprint density at radius 3 is 2.33 bits per heavy atom. The molecule has 2 fully saturated rings. The van der Waals surface area contributed by atoms with Crippen molar-refractivity contribution in [2.24, 2.45) is 0 Å². The van der Waals surface area contributed by atoms with Gasteiger partial charge in [0.05, 0.1) is 19.8 Å². The molecule has 2 atom stereocenters. The molecule has 12 heavy (non-hydrogen) atoms. The molecule has 0 aliphatic carbocycles. The zero-order valence-corrected chi connectivity index (χ0v) is 6.73. The van der Waals surface area contributed by atoms with Crippen molar-refractivity contribution in [3.05, 3.63) is 0 Å². The van der Waals surface area contributed by atoms with Gasteiger partial charge in [0.15, 0.2) is 6.79 Å². The highest BCUT2D eigenvalue weighted by molar-refractivity contribution is 4.66. The zero-order valence-electron chi connectivity index (χ0n) is 6.73. The molecule has 2 rings (SSSR count). The van der Waals surface area contributed by atoms with Gasteiger partial charge >= 0.3 is 0 Å². The maximum atomic E-state index is 5.05. The molecule has 0 aromatic heterocycles. The van der Waals surface area contributed by atoms with Gasteiger partial charge in [0.1, 0.15) is 18.8 Å². The van der Waals surface area contributed by atoms with Gasteiger partial charge in [0.25, 0.3) is 0 Å². The quantitative estimate of drug-likeness (QED) is 0.175. The third-order valence-electron chi connectivity index (χ3n) is 1.58. The molecule has 2 unspecified atom stereocenters. The van der Waals surface area contributed by atoms with Crippen molar-refractivity contribution in [2.75, 3.05) is 33.2 Å². The molecule has 70 valence electrons. The average Bonchev–Trinajstić information content (AvgIpc) is 2.89. The second-order valence-electron chi connectivity index (χ2n) is 2.80. The SMILES string of the molecule is C(OCC1CO1)OOCC1CO1. The summed E-state index contributed by atoms with van der Waals surface area (Å²) in [6.45, 7) is 2.82. The third-order valence-corrected chi connectivity index (χ3v) is 1.58. The van der Waals surface area contributed by atoms with E-state index in [1.165, 1.54) is 0 Å². The largest absolute Gasteiger partial charge is 0.371 e. The fraction of sp³-hybridized carbons (Fsp3) is 1.00. The first-order valence-electron chi connectivity index (χ1n) is 4.00. The Bertz CT molecular complexity index is 116. The molecule has 0 aromatic rings. The van der Waals surface area contributed by atoms with E-state index in [1.807, 2.05) is 0 Å². The van der Waals surface area contributed by atoms with E-state index in [-0.39, 0.29) is 19.0 Å². The van der Waals surface area contributed by atoms with Crippen LogP contribution in [0.4, 0.5) is 0 Å².